The Labute approximate surface area is 297 Å². The van der Waals surface area contributed by atoms with Gasteiger partial charge in [-0.15, -0.1) is 0 Å². The van der Waals surface area contributed by atoms with Crippen molar-refractivity contribution in [3.63, 3.8) is 0 Å². The van der Waals surface area contributed by atoms with Crippen LogP contribution in [0.5, 0.6) is 0 Å². The van der Waals surface area contributed by atoms with Gasteiger partial charge in [-0.05, 0) is 51.5 Å². The lowest BCUT2D eigenvalue weighted by Gasteiger charge is -2.33. The maximum atomic E-state index is 14.1. The summed E-state index contributed by atoms with van der Waals surface area (Å²) < 4.78 is 53.2. The maximum Gasteiger partial charge on any atom is 0.243 e. The molecule has 1 aromatic carbocycles. The van der Waals surface area contributed by atoms with E-state index in [9.17, 15) is 36.6 Å². The van der Waals surface area contributed by atoms with Crippen molar-refractivity contribution in [2.75, 3.05) is 18.1 Å². The summed E-state index contributed by atoms with van der Waals surface area (Å²) in [5.74, 6) is -3.36. The van der Waals surface area contributed by atoms with Gasteiger partial charge in [-0.25, -0.2) is 26.5 Å². The number of nitrogens with one attached hydrogen (secondary N) is 4. The molecule has 0 saturated heterocycles. The number of aromatic nitrogens is 2. The van der Waals surface area contributed by atoms with Crippen LogP contribution in [-0.4, -0.2) is 95.9 Å². The number of H-pyrrole nitrogens is 1. The summed E-state index contributed by atoms with van der Waals surface area (Å²) in [6.45, 7) is 6.86. The van der Waals surface area contributed by atoms with Crippen molar-refractivity contribution in [3.05, 3.63) is 54.1 Å². The van der Waals surface area contributed by atoms with Crippen LogP contribution in [0.2, 0.25) is 0 Å². The molecule has 0 bridgehead atoms. The van der Waals surface area contributed by atoms with Gasteiger partial charge in [0.1, 0.15) is 12.1 Å². The fourth-order valence-electron chi connectivity index (χ4n) is 6.16. The number of aliphatic hydroxyl groups is 2. The minimum atomic E-state index is -3.91. The summed E-state index contributed by atoms with van der Waals surface area (Å²) in [5.41, 5.74) is 1.29. The zero-order valence-electron chi connectivity index (χ0n) is 29.8. The second-order valence-corrected chi connectivity index (χ2v) is 19.2. The molecule has 1 saturated carbocycles. The third-order valence-electron chi connectivity index (χ3n) is 9.35. The van der Waals surface area contributed by atoms with Crippen molar-refractivity contribution < 1.29 is 36.6 Å². The molecule has 6 N–H and O–H groups in total. The average Bonchev–Trinajstić information content (AvgIpc) is 3.57. The molecular weight excluding hydrogens is 683 g/mol. The monoisotopic (exact) mass is 739 g/mol. The predicted molar refractivity (Wildman–Crippen MR) is 193 cm³/mol. The maximum absolute atomic E-state index is 14.1. The molecule has 13 nitrogen and oxygen atoms in total. The number of carbonyl (C=O) groups excluding carboxylic acids is 2. The van der Waals surface area contributed by atoms with Gasteiger partial charge in [-0.1, -0.05) is 75.8 Å². The van der Waals surface area contributed by atoms with Gasteiger partial charge in [0.25, 0.3) is 0 Å². The number of rotatable bonds is 20. The fourth-order valence-corrected chi connectivity index (χ4v) is 8.68. The SMILES string of the molecule is CCCCNS(=O)(=O)CC(O)C(O)C(CC1CCCCC1)NC(=O)C(Cc1cnc[nH]1)NC(=O)C(Cc1ccccc1)CS(=O)(=O)C(C)(C)C. The van der Waals surface area contributed by atoms with Crippen LogP contribution in [0.1, 0.15) is 90.3 Å². The second-order valence-electron chi connectivity index (χ2n) is 14.6. The van der Waals surface area contributed by atoms with Crippen LogP contribution in [0.15, 0.2) is 42.9 Å². The topological polar surface area (TPSA) is 208 Å². The number of aliphatic hydroxyl groups excluding tert-OH is 2. The molecule has 1 aromatic heterocycles. The Morgan fingerprint density at radius 3 is 2.24 bits per heavy atom. The summed E-state index contributed by atoms with van der Waals surface area (Å²) >= 11 is 0. The molecule has 5 unspecified atom stereocenters. The first-order valence-corrected chi connectivity index (χ1v) is 21.0. The third kappa shape index (κ3) is 13.4. The lowest BCUT2D eigenvalue weighted by molar-refractivity contribution is -0.132. The molecular formula is C35H57N5O8S2. The first kappa shape index (κ1) is 41.6. The standard InChI is InChI=1S/C35H57N5O8S2/c1-5-6-17-38-50(47,48)23-31(41)32(42)29(19-26-15-11-8-12-16-26)39-34(44)30(20-28-21-36-24-37-28)40-33(43)27(18-25-13-9-7-10-14-25)22-49(45,46)35(2,3)4/h7,9-10,13-14,21,24,26-27,29-32,38,41-42H,5-6,8,11-12,15-20,22-23H2,1-4H3,(H,36,37)(H,39,44)(H,40,43). The Morgan fingerprint density at radius 2 is 1.64 bits per heavy atom. The highest BCUT2D eigenvalue weighted by Gasteiger charge is 2.38. The molecule has 5 atom stereocenters. The number of hydrogen-bond acceptors (Lipinski definition) is 9. The highest BCUT2D eigenvalue weighted by molar-refractivity contribution is 7.92. The van der Waals surface area contributed by atoms with Crippen molar-refractivity contribution in [3.8, 4) is 0 Å². The number of sulfonamides is 1. The number of benzene rings is 1. The molecule has 2 aromatic rings. The molecule has 1 fully saturated rings. The van der Waals surface area contributed by atoms with E-state index in [4.69, 9.17) is 0 Å². The molecule has 0 aliphatic heterocycles. The van der Waals surface area contributed by atoms with E-state index in [1.807, 2.05) is 13.0 Å². The number of hydrogen-bond donors (Lipinski definition) is 6. The molecule has 1 heterocycles. The number of imidazole rings is 1. The van der Waals surface area contributed by atoms with Crippen LogP contribution in [0.3, 0.4) is 0 Å². The average molecular weight is 740 g/mol. The largest absolute Gasteiger partial charge is 0.389 e. The number of carbonyl (C=O) groups is 2. The Bertz CT molecular complexity index is 1540. The fraction of sp³-hybridized carbons (Fsp3) is 0.686. The van der Waals surface area contributed by atoms with Gasteiger partial charge in [0.05, 0.1) is 40.6 Å². The first-order chi connectivity index (χ1) is 23.5. The summed E-state index contributed by atoms with van der Waals surface area (Å²) in [4.78, 5) is 35.0. The van der Waals surface area contributed by atoms with Gasteiger partial charge >= 0.3 is 0 Å². The van der Waals surface area contributed by atoms with Crippen LogP contribution >= 0.6 is 0 Å². The highest BCUT2D eigenvalue weighted by atomic mass is 32.2. The predicted octanol–water partition coefficient (Wildman–Crippen LogP) is 2.41. The Morgan fingerprint density at radius 1 is 0.960 bits per heavy atom. The molecule has 1 aliphatic rings. The Balaban J connectivity index is 1.88. The van der Waals surface area contributed by atoms with Gasteiger partial charge in [0, 0.05) is 24.9 Å². The number of aromatic amines is 1. The van der Waals surface area contributed by atoms with Crippen molar-refractivity contribution >= 4 is 31.7 Å². The lowest BCUT2D eigenvalue weighted by atomic mass is 9.83. The van der Waals surface area contributed by atoms with Crippen LogP contribution in [-0.2, 0) is 42.3 Å². The molecule has 15 heteroatoms. The van der Waals surface area contributed by atoms with Crippen LogP contribution < -0.4 is 15.4 Å². The van der Waals surface area contributed by atoms with E-state index in [1.165, 1.54) is 12.5 Å². The molecule has 2 amide bonds. The number of nitrogens with zero attached hydrogens (tertiary/aromatic N) is 1. The van der Waals surface area contributed by atoms with Crippen LogP contribution in [0.4, 0.5) is 0 Å². The quantitative estimate of drug-likeness (QED) is 0.110. The van der Waals surface area contributed by atoms with Crippen molar-refractivity contribution in [2.24, 2.45) is 11.8 Å². The van der Waals surface area contributed by atoms with Crippen molar-refractivity contribution in [2.45, 2.75) is 121 Å². The number of amides is 2. The van der Waals surface area contributed by atoms with Gasteiger partial charge < -0.3 is 25.8 Å². The van der Waals surface area contributed by atoms with E-state index < -0.39 is 78.1 Å². The van der Waals surface area contributed by atoms with Gasteiger partial charge in [0.15, 0.2) is 9.84 Å². The smallest absolute Gasteiger partial charge is 0.243 e. The van der Waals surface area contributed by atoms with E-state index in [0.717, 1.165) is 44.1 Å². The molecule has 1 aliphatic carbocycles. The lowest BCUT2D eigenvalue weighted by Crippen LogP contribution is -2.57. The van der Waals surface area contributed by atoms with E-state index in [-0.39, 0.29) is 25.3 Å². The first-order valence-electron chi connectivity index (χ1n) is 17.7. The van der Waals surface area contributed by atoms with Gasteiger partial charge in [0.2, 0.25) is 21.8 Å². The number of unbranched alkanes of at least 4 members (excludes halogenated alkanes) is 1. The van der Waals surface area contributed by atoms with Gasteiger partial charge in [-0.3, -0.25) is 9.59 Å². The van der Waals surface area contributed by atoms with E-state index in [2.05, 4.69) is 25.3 Å². The molecule has 3 rings (SSSR count). The zero-order chi connectivity index (χ0) is 37.0. The second kappa shape index (κ2) is 19.1. The van der Waals surface area contributed by atoms with Crippen molar-refractivity contribution in [1.82, 2.24) is 25.3 Å². The normalized spacial score (nSPS) is 17.7. The summed E-state index contributed by atoms with van der Waals surface area (Å²) in [6, 6.07) is 6.81. The summed E-state index contributed by atoms with van der Waals surface area (Å²) in [5, 5.41) is 27.9. The third-order valence-corrected chi connectivity index (χ3v) is 13.5. The molecule has 0 spiro atoms. The van der Waals surface area contributed by atoms with Crippen molar-refractivity contribution in [1.29, 1.82) is 0 Å². The molecule has 50 heavy (non-hydrogen) atoms. The molecule has 0 radical (unpaired) electrons. The van der Waals surface area contributed by atoms with E-state index >= 15 is 0 Å². The van der Waals surface area contributed by atoms with E-state index in [1.54, 1.807) is 45.0 Å². The summed E-state index contributed by atoms with van der Waals surface area (Å²) in [6.07, 6.45) is 6.21. The van der Waals surface area contributed by atoms with Crippen LogP contribution in [0, 0.1) is 11.8 Å². The summed E-state index contributed by atoms with van der Waals surface area (Å²) in [7, 11) is -7.65. The van der Waals surface area contributed by atoms with Crippen LogP contribution in [0.25, 0.3) is 0 Å². The highest BCUT2D eigenvalue weighted by Crippen LogP contribution is 2.29. The molecule has 282 valence electrons. The Kier molecular flexibility index (Phi) is 15.9. The minimum Gasteiger partial charge on any atom is -0.389 e. The zero-order valence-corrected chi connectivity index (χ0v) is 31.4. The van der Waals surface area contributed by atoms with Gasteiger partial charge in [-0.2, -0.15) is 0 Å². The van der Waals surface area contributed by atoms with E-state index in [0.29, 0.717) is 18.5 Å². The minimum absolute atomic E-state index is 0.0217. The Hall–Kier alpha value is -2.85. The number of sulfone groups is 1.